The molecular formula is C16H8BrN3O2. The molecule has 1 aromatic carbocycles. The van der Waals surface area contributed by atoms with Gasteiger partial charge in [-0.15, -0.1) is 0 Å². The molecule has 0 radical (unpaired) electrons. The Kier molecular flexibility index (Phi) is 2.80. The lowest BCUT2D eigenvalue weighted by Gasteiger charge is -2.13. The fraction of sp³-hybridized carbons (Fsp3) is 0. The van der Waals surface area contributed by atoms with Crippen LogP contribution in [0.25, 0.3) is 11.0 Å². The van der Waals surface area contributed by atoms with Gasteiger partial charge in [-0.25, -0.2) is 9.88 Å². The number of aromatic nitrogens is 2. The van der Waals surface area contributed by atoms with Gasteiger partial charge in [0.1, 0.15) is 5.82 Å². The molecule has 2 amide bonds. The quantitative estimate of drug-likeness (QED) is 0.630. The minimum absolute atomic E-state index is 0.304. The molecule has 6 heteroatoms. The van der Waals surface area contributed by atoms with Gasteiger partial charge in [-0.05, 0) is 46.3 Å². The Morgan fingerprint density at radius 3 is 2.27 bits per heavy atom. The molecule has 0 unspecified atom stereocenters. The Morgan fingerprint density at radius 1 is 0.909 bits per heavy atom. The molecule has 3 aromatic rings. The van der Waals surface area contributed by atoms with Gasteiger partial charge in [0.15, 0.2) is 0 Å². The Morgan fingerprint density at radius 2 is 1.59 bits per heavy atom. The lowest BCUT2D eigenvalue weighted by Crippen LogP contribution is -2.30. The second kappa shape index (κ2) is 4.71. The molecule has 0 bridgehead atoms. The topological polar surface area (TPSA) is 63.2 Å². The fourth-order valence-electron chi connectivity index (χ4n) is 2.49. The number of hydrogen-bond acceptors (Lipinski definition) is 4. The summed E-state index contributed by atoms with van der Waals surface area (Å²) in [4.78, 5) is 34.6. The summed E-state index contributed by atoms with van der Waals surface area (Å²) in [6, 6.07) is 11.9. The average Bonchev–Trinajstić information content (AvgIpc) is 2.79. The summed E-state index contributed by atoms with van der Waals surface area (Å²) >= 11 is 3.34. The number of fused-ring (bicyclic) bond motifs is 2. The van der Waals surface area contributed by atoms with Crippen LogP contribution in [0.4, 0.5) is 5.82 Å². The number of carbonyl (C=O) groups excluding carboxylic acids is 2. The van der Waals surface area contributed by atoms with Crippen LogP contribution in [0.2, 0.25) is 0 Å². The summed E-state index contributed by atoms with van der Waals surface area (Å²) in [5.41, 5.74) is 2.12. The van der Waals surface area contributed by atoms with E-state index in [0.29, 0.717) is 28.0 Å². The van der Waals surface area contributed by atoms with Crippen LogP contribution in [0.3, 0.4) is 0 Å². The van der Waals surface area contributed by atoms with E-state index in [4.69, 9.17) is 0 Å². The lowest BCUT2D eigenvalue weighted by molar-refractivity contribution is 0.0925. The van der Waals surface area contributed by atoms with Gasteiger partial charge in [0.25, 0.3) is 11.8 Å². The molecule has 0 aliphatic carbocycles. The third kappa shape index (κ3) is 1.84. The SMILES string of the molecule is O=C1c2ccccc2C(=O)N1c1ccc2ncc(Br)cc2n1. The summed E-state index contributed by atoms with van der Waals surface area (Å²) < 4.78 is 0.784. The van der Waals surface area contributed by atoms with Crippen LogP contribution >= 0.6 is 15.9 Å². The number of pyridine rings is 2. The van der Waals surface area contributed by atoms with Crippen LogP contribution in [0.1, 0.15) is 20.7 Å². The molecule has 0 saturated carbocycles. The molecule has 22 heavy (non-hydrogen) atoms. The second-order valence-electron chi connectivity index (χ2n) is 4.85. The molecule has 1 aliphatic rings. The highest BCUT2D eigenvalue weighted by molar-refractivity contribution is 9.10. The fourth-order valence-corrected chi connectivity index (χ4v) is 2.81. The van der Waals surface area contributed by atoms with Gasteiger partial charge >= 0.3 is 0 Å². The standard InChI is InChI=1S/C16H8BrN3O2/c17-9-7-13-12(18-8-9)5-6-14(19-13)20-15(21)10-3-1-2-4-11(10)16(20)22/h1-8H. The second-order valence-corrected chi connectivity index (χ2v) is 5.77. The number of hydrogen-bond donors (Lipinski definition) is 0. The number of anilines is 1. The first-order chi connectivity index (χ1) is 10.6. The Hall–Kier alpha value is -2.60. The molecule has 3 heterocycles. The zero-order valence-corrected chi connectivity index (χ0v) is 12.7. The number of amides is 2. The van der Waals surface area contributed by atoms with E-state index < -0.39 is 0 Å². The predicted octanol–water partition coefficient (Wildman–Crippen LogP) is 3.19. The van der Waals surface area contributed by atoms with Crippen molar-refractivity contribution in [2.45, 2.75) is 0 Å². The summed E-state index contributed by atoms with van der Waals surface area (Å²) in [7, 11) is 0. The number of nitrogens with zero attached hydrogens (tertiary/aromatic N) is 3. The summed E-state index contributed by atoms with van der Waals surface area (Å²) in [5.74, 6) is -0.399. The predicted molar refractivity (Wildman–Crippen MR) is 84.8 cm³/mol. The van der Waals surface area contributed by atoms with Crippen LogP contribution in [-0.4, -0.2) is 21.8 Å². The van der Waals surface area contributed by atoms with Crippen molar-refractivity contribution in [3.63, 3.8) is 0 Å². The van der Waals surface area contributed by atoms with Crippen LogP contribution in [0, 0.1) is 0 Å². The number of carbonyl (C=O) groups is 2. The van der Waals surface area contributed by atoms with Gasteiger partial charge in [-0.2, -0.15) is 0 Å². The van der Waals surface area contributed by atoms with Crippen LogP contribution < -0.4 is 4.90 Å². The van der Waals surface area contributed by atoms with Crippen molar-refractivity contribution >= 4 is 44.6 Å². The maximum atomic E-state index is 12.5. The first-order valence-electron chi connectivity index (χ1n) is 6.55. The first-order valence-corrected chi connectivity index (χ1v) is 7.34. The van der Waals surface area contributed by atoms with E-state index in [1.165, 1.54) is 0 Å². The molecule has 0 saturated heterocycles. The maximum absolute atomic E-state index is 12.5. The van der Waals surface area contributed by atoms with Crippen LogP contribution in [0.15, 0.2) is 53.1 Å². The minimum Gasteiger partial charge on any atom is -0.268 e. The van der Waals surface area contributed by atoms with E-state index in [1.807, 2.05) is 0 Å². The molecule has 0 fully saturated rings. The monoisotopic (exact) mass is 353 g/mol. The van der Waals surface area contributed by atoms with Crippen molar-refractivity contribution in [1.29, 1.82) is 0 Å². The number of imide groups is 1. The van der Waals surface area contributed by atoms with E-state index in [0.717, 1.165) is 9.37 Å². The third-order valence-corrected chi connectivity index (χ3v) is 3.95. The third-order valence-electron chi connectivity index (χ3n) is 3.51. The zero-order valence-electron chi connectivity index (χ0n) is 11.2. The highest BCUT2D eigenvalue weighted by atomic mass is 79.9. The molecule has 2 aromatic heterocycles. The number of halogens is 1. The average molecular weight is 354 g/mol. The Bertz CT molecular complexity index is 920. The first kappa shape index (κ1) is 13.1. The van der Waals surface area contributed by atoms with Gasteiger partial charge in [0.2, 0.25) is 0 Å². The zero-order chi connectivity index (χ0) is 15.3. The van der Waals surface area contributed by atoms with Gasteiger partial charge in [-0.1, -0.05) is 12.1 Å². The van der Waals surface area contributed by atoms with Crippen LogP contribution in [0.5, 0.6) is 0 Å². The van der Waals surface area contributed by atoms with E-state index in [9.17, 15) is 9.59 Å². The van der Waals surface area contributed by atoms with Crippen molar-refractivity contribution < 1.29 is 9.59 Å². The number of benzene rings is 1. The number of rotatable bonds is 1. The molecule has 0 atom stereocenters. The van der Waals surface area contributed by atoms with E-state index in [1.54, 1.807) is 48.7 Å². The smallest absolute Gasteiger partial charge is 0.267 e. The van der Waals surface area contributed by atoms with Gasteiger partial charge in [0, 0.05) is 10.7 Å². The summed E-state index contributed by atoms with van der Waals surface area (Å²) in [6.07, 6.45) is 1.67. The molecular weight excluding hydrogens is 346 g/mol. The van der Waals surface area contributed by atoms with Gasteiger partial charge in [0.05, 0.1) is 22.2 Å². The van der Waals surface area contributed by atoms with E-state index >= 15 is 0 Å². The maximum Gasteiger partial charge on any atom is 0.267 e. The van der Waals surface area contributed by atoms with E-state index in [-0.39, 0.29) is 11.8 Å². The summed E-state index contributed by atoms with van der Waals surface area (Å²) in [6.45, 7) is 0. The van der Waals surface area contributed by atoms with Gasteiger partial charge in [-0.3, -0.25) is 14.6 Å². The van der Waals surface area contributed by atoms with E-state index in [2.05, 4.69) is 25.9 Å². The Balaban J connectivity index is 1.86. The van der Waals surface area contributed by atoms with Crippen molar-refractivity contribution in [2.24, 2.45) is 0 Å². The molecule has 5 nitrogen and oxygen atoms in total. The van der Waals surface area contributed by atoms with Crippen molar-refractivity contribution in [2.75, 3.05) is 4.90 Å². The van der Waals surface area contributed by atoms with Crippen molar-refractivity contribution in [3.05, 3.63) is 64.3 Å². The Labute approximate surface area is 133 Å². The highest BCUT2D eigenvalue weighted by Crippen LogP contribution is 2.28. The largest absolute Gasteiger partial charge is 0.268 e. The highest BCUT2D eigenvalue weighted by Gasteiger charge is 2.37. The van der Waals surface area contributed by atoms with Crippen LogP contribution in [-0.2, 0) is 0 Å². The normalized spacial score (nSPS) is 13.8. The van der Waals surface area contributed by atoms with Crippen molar-refractivity contribution in [1.82, 2.24) is 9.97 Å². The molecule has 4 rings (SSSR count). The summed E-state index contributed by atoms with van der Waals surface area (Å²) in [5, 5.41) is 0. The minimum atomic E-state index is -0.351. The molecule has 106 valence electrons. The van der Waals surface area contributed by atoms with Crippen molar-refractivity contribution in [3.8, 4) is 0 Å². The molecule has 0 N–H and O–H groups in total. The van der Waals surface area contributed by atoms with Gasteiger partial charge < -0.3 is 0 Å². The molecule has 0 spiro atoms. The molecule has 1 aliphatic heterocycles. The lowest BCUT2D eigenvalue weighted by atomic mass is 10.1.